The van der Waals surface area contributed by atoms with E-state index in [2.05, 4.69) is 11.3 Å². The molecule has 0 rings (SSSR count). The third-order valence-corrected chi connectivity index (χ3v) is 1.79. The molecule has 0 bridgehead atoms. The van der Waals surface area contributed by atoms with Gasteiger partial charge in [-0.2, -0.15) is 13.2 Å². The highest BCUT2D eigenvalue weighted by atomic mass is 19.4. The molecule has 0 saturated carbocycles. The Kier molecular flexibility index (Phi) is 4.77. The molecule has 2 nitrogen and oxygen atoms in total. The van der Waals surface area contributed by atoms with Gasteiger partial charge < -0.3 is 4.74 Å². The third-order valence-electron chi connectivity index (χ3n) is 1.79. The summed E-state index contributed by atoms with van der Waals surface area (Å²) in [6, 6.07) is 0. The van der Waals surface area contributed by atoms with Gasteiger partial charge in [-0.1, -0.05) is 6.58 Å². The smallest absolute Gasteiger partial charge is 0.422 e. The fourth-order valence-corrected chi connectivity index (χ4v) is 0.778. The van der Waals surface area contributed by atoms with E-state index in [-0.39, 0.29) is 13.0 Å². The molecule has 15 heavy (non-hydrogen) atoms. The maximum atomic E-state index is 12.9. The second-order valence-electron chi connectivity index (χ2n) is 3.17. The van der Waals surface area contributed by atoms with E-state index in [1.54, 1.807) is 0 Å². The largest absolute Gasteiger partial charge is 0.463 e. The van der Waals surface area contributed by atoms with Crippen molar-refractivity contribution in [3.63, 3.8) is 0 Å². The quantitative estimate of drug-likeness (QED) is 0.313. The molecular formula is C9H12F4O2. The molecule has 0 amide bonds. The molecule has 1 unspecified atom stereocenters. The monoisotopic (exact) mass is 228 g/mol. The zero-order valence-electron chi connectivity index (χ0n) is 8.23. The zero-order chi connectivity index (χ0) is 12.1. The number of esters is 1. The Bertz CT molecular complexity index is 233. The number of ether oxygens (including phenoxy) is 1. The number of rotatable bonds is 5. The van der Waals surface area contributed by atoms with Gasteiger partial charge >= 0.3 is 12.1 Å². The first-order valence-corrected chi connectivity index (χ1v) is 4.25. The second kappa shape index (κ2) is 5.14. The minimum Gasteiger partial charge on any atom is -0.463 e. The van der Waals surface area contributed by atoms with Gasteiger partial charge in [0, 0.05) is 6.08 Å². The van der Waals surface area contributed by atoms with E-state index < -0.39 is 24.2 Å². The molecule has 0 radical (unpaired) electrons. The van der Waals surface area contributed by atoms with Gasteiger partial charge in [0.1, 0.15) is 0 Å². The minimum atomic E-state index is -4.89. The number of halogens is 4. The molecule has 1 atom stereocenters. The van der Waals surface area contributed by atoms with Crippen LogP contribution in [0.4, 0.5) is 17.6 Å². The lowest BCUT2D eigenvalue weighted by Gasteiger charge is -2.23. The van der Waals surface area contributed by atoms with E-state index in [4.69, 9.17) is 0 Å². The van der Waals surface area contributed by atoms with Crippen molar-refractivity contribution in [1.82, 2.24) is 0 Å². The van der Waals surface area contributed by atoms with Crippen LogP contribution in [0, 0.1) is 0 Å². The highest BCUT2D eigenvalue weighted by Gasteiger charge is 2.51. The van der Waals surface area contributed by atoms with Gasteiger partial charge in [0.25, 0.3) is 0 Å². The van der Waals surface area contributed by atoms with E-state index in [1.807, 2.05) is 0 Å². The Morgan fingerprint density at radius 1 is 1.40 bits per heavy atom. The van der Waals surface area contributed by atoms with Crippen molar-refractivity contribution in [3.8, 4) is 0 Å². The number of alkyl halides is 4. The van der Waals surface area contributed by atoms with Gasteiger partial charge in [-0.05, 0) is 19.8 Å². The van der Waals surface area contributed by atoms with Crippen molar-refractivity contribution in [2.24, 2.45) is 0 Å². The minimum absolute atomic E-state index is 0.188. The summed E-state index contributed by atoms with van der Waals surface area (Å²) in [4.78, 5) is 10.5. The van der Waals surface area contributed by atoms with Crippen LogP contribution in [0.3, 0.4) is 0 Å². The summed E-state index contributed by atoms with van der Waals surface area (Å²) in [6.07, 6.45) is -4.93. The molecule has 0 spiro atoms. The van der Waals surface area contributed by atoms with E-state index in [9.17, 15) is 22.4 Å². The predicted molar refractivity (Wildman–Crippen MR) is 46.0 cm³/mol. The van der Waals surface area contributed by atoms with Gasteiger partial charge in [-0.3, -0.25) is 0 Å². The number of hydrogen-bond donors (Lipinski definition) is 0. The molecule has 6 heteroatoms. The first-order valence-electron chi connectivity index (χ1n) is 4.25. The van der Waals surface area contributed by atoms with E-state index in [1.165, 1.54) is 0 Å². The highest BCUT2D eigenvalue weighted by Crippen LogP contribution is 2.36. The normalized spacial score (nSPS) is 15.5. The Labute approximate surface area is 84.9 Å². The van der Waals surface area contributed by atoms with Gasteiger partial charge in [0.15, 0.2) is 0 Å². The zero-order valence-corrected chi connectivity index (χ0v) is 8.23. The Morgan fingerprint density at radius 3 is 2.33 bits per heavy atom. The van der Waals surface area contributed by atoms with Crippen LogP contribution in [-0.2, 0) is 9.53 Å². The van der Waals surface area contributed by atoms with Crippen LogP contribution in [0.1, 0.15) is 19.8 Å². The summed E-state index contributed by atoms with van der Waals surface area (Å²) in [5, 5.41) is 0. The van der Waals surface area contributed by atoms with Crippen molar-refractivity contribution < 1.29 is 27.1 Å². The summed E-state index contributed by atoms with van der Waals surface area (Å²) >= 11 is 0. The molecule has 88 valence electrons. The van der Waals surface area contributed by atoms with Crippen LogP contribution >= 0.6 is 0 Å². The van der Waals surface area contributed by atoms with Crippen molar-refractivity contribution in [3.05, 3.63) is 12.7 Å². The van der Waals surface area contributed by atoms with Gasteiger partial charge in [0.2, 0.25) is 5.67 Å². The Morgan fingerprint density at radius 2 is 1.93 bits per heavy atom. The average molecular weight is 228 g/mol. The lowest BCUT2D eigenvalue weighted by atomic mass is 10.0. The van der Waals surface area contributed by atoms with Crippen LogP contribution in [0.5, 0.6) is 0 Å². The molecule has 0 aliphatic carbocycles. The summed E-state index contributed by atoms with van der Waals surface area (Å²) in [5.74, 6) is -0.734. The lowest BCUT2D eigenvalue weighted by molar-refractivity contribution is -0.226. The molecule has 0 aliphatic heterocycles. The summed E-state index contributed by atoms with van der Waals surface area (Å²) in [7, 11) is 0. The summed E-state index contributed by atoms with van der Waals surface area (Å²) < 4.78 is 53.3. The molecule has 0 fully saturated rings. The van der Waals surface area contributed by atoms with Crippen molar-refractivity contribution in [2.45, 2.75) is 31.6 Å². The van der Waals surface area contributed by atoms with Crippen LogP contribution in [0.15, 0.2) is 12.7 Å². The third kappa shape index (κ3) is 4.80. The Hall–Kier alpha value is -1.07. The van der Waals surface area contributed by atoms with E-state index in [0.29, 0.717) is 6.92 Å². The maximum absolute atomic E-state index is 12.9. The first kappa shape index (κ1) is 13.9. The molecule has 0 aliphatic rings. The van der Waals surface area contributed by atoms with E-state index in [0.717, 1.165) is 6.08 Å². The summed E-state index contributed by atoms with van der Waals surface area (Å²) in [6.45, 7) is 3.31. The molecule has 0 aromatic rings. The highest BCUT2D eigenvalue weighted by molar-refractivity contribution is 5.81. The molecule has 0 aromatic carbocycles. The van der Waals surface area contributed by atoms with E-state index >= 15 is 0 Å². The van der Waals surface area contributed by atoms with Crippen LogP contribution in [-0.4, -0.2) is 24.4 Å². The second-order valence-corrected chi connectivity index (χ2v) is 3.17. The average Bonchev–Trinajstić information content (AvgIpc) is 2.10. The maximum Gasteiger partial charge on any atom is 0.422 e. The topological polar surface area (TPSA) is 26.3 Å². The van der Waals surface area contributed by atoms with Crippen molar-refractivity contribution in [1.29, 1.82) is 0 Å². The van der Waals surface area contributed by atoms with Gasteiger partial charge in [-0.25, -0.2) is 9.18 Å². The lowest BCUT2D eigenvalue weighted by Crippen LogP contribution is -2.37. The van der Waals surface area contributed by atoms with Crippen LogP contribution in [0.25, 0.3) is 0 Å². The Balaban J connectivity index is 3.86. The summed E-state index contributed by atoms with van der Waals surface area (Å²) in [5.41, 5.74) is -3.24. The fraction of sp³-hybridized carbons (Fsp3) is 0.667. The number of carbonyl (C=O) groups is 1. The standard InChI is InChI=1S/C9H12F4O2/c1-3-7(14)15-6-4-5-8(2,10)9(11,12)13/h3H,1,4-6H2,2H3. The molecule has 0 heterocycles. The van der Waals surface area contributed by atoms with Crippen LogP contribution < -0.4 is 0 Å². The molecule has 0 N–H and O–H groups in total. The SMILES string of the molecule is C=CC(=O)OCCCC(C)(F)C(F)(F)F. The van der Waals surface area contributed by atoms with Crippen LogP contribution in [0.2, 0.25) is 0 Å². The van der Waals surface area contributed by atoms with Gasteiger partial charge in [-0.15, -0.1) is 0 Å². The number of hydrogen-bond acceptors (Lipinski definition) is 2. The predicted octanol–water partition coefficient (Wildman–Crippen LogP) is 2.79. The number of carbonyl (C=O) groups excluding carboxylic acids is 1. The molecule has 0 saturated heterocycles. The first-order chi connectivity index (χ1) is 6.70. The van der Waals surface area contributed by atoms with Crippen molar-refractivity contribution in [2.75, 3.05) is 6.61 Å². The van der Waals surface area contributed by atoms with Crippen molar-refractivity contribution >= 4 is 5.97 Å². The molecule has 0 aromatic heterocycles. The van der Waals surface area contributed by atoms with Gasteiger partial charge in [0.05, 0.1) is 6.61 Å². The molecular weight excluding hydrogens is 216 g/mol. The fourth-order valence-electron chi connectivity index (χ4n) is 0.778.